The van der Waals surface area contributed by atoms with Crippen LogP contribution >= 0.6 is 0 Å². The van der Waals surface area contributed by atoms with Gasteiger partial charge in [-0.15, -0.1) is 0 Å². The minimum absolute atomic E-state index is 0.177. The lowest BCUT2D eigenvalue weighted by molar-refractivity contribution is -0.0240. The van der Waals surface area contributed by atoms with Gasteiger partial charge in [-0.3, -0.25) is 0 Å². The topological polar surface area (TPSA) is 58.4 Å². The van der Waals surface area contributed by atoms with Crippen LogP contribution < -0.4 is 4.90 Å². The standard InChI is InChI=1S/C19H21N3O2/c20-12-15-1-3-17-16(11-15)2-4-18(21-17)22-7-10-24-14-19(13-22)5-8-23-9-6-19/h1-4,11H,5-10,13-14H2. The fraction of sp³-hybridized carbons (Fsp3) is 0.474. The van der Waals surface area contributed by atoms with Crippen LogP contribution in [-0.2, 0) is 9.47 Å². The van der Waals surface area contributed by atoms with E-state index in [0.29, 0.717) is 5.56 Å². The number of nitrogens with zero attached hydrogens (tertiary/aromatic N) is 3. The maximum Gasteiger partial charge on any atom is 0.129 e. The highest BCUT2D eigenvalue weighted by molar-refractivity contribution is 5.81. The SMILES string of the molecule is N#Cc1ccc2nc(N3CCOCC4(CCOCC4)C3)ccc2c1. The molecule has 0 amide bonds. The van der Waals surface area contributed by atoms with Crippen LogP contribution in [0.25, 0.3) is 10.9 Å². The molecule has 5 heteroatoms. The van der Waals surface area contributed by atoms with Gasteiger partial charge < -0.3 is 14.4 Å². The van der Waals surface area contributed by atoms with Crippen LogP contribution in [0.2, 0.25) is 0 Å². The van der Waals surface area contributed by atoms with Gasteiger partial charge in [0.2, 0.25) is 0 Å². The molecule has 2 aromatic rings. The van der Waals surface area contributed by atoms with Crippen molar-refractivity contribution in [3.63, 3.8) is 0 Å². The van der Waals surface area contributed by atoms with E-state index in [1.165, 1.54) is 0 Å². The Kier molecular flexibility index (Phi) is 4.09. The van der Waals surface area contributed by atoms with Crippen molar-refractivity contribution in [2.75, 3.05) is 44.4 Å². The molecular formula is C19H21N3O2. The number of hydrogen-bond donors (Lipinski definition) is 0. The summed E-state index contributed by atoms with van der Waals surface area (Å²) in [4.78, 5) is 7.17. The lowest BCUT2D eigenvalue weighted by Crippen LogP contribution is -2.42. The molecule has 0 saturated carbocycles. The van der Waals surface area contributed by atoms with E-state index in [1.807, 2.05) is 18.2 Å². The number of hydrogen-bond acceptors (Lipinski definition) is 5. The molecule has 3 heterocycles. The number of fused-ring (bicyclic) bond motifs is 1. The quantitative estimate of drug-likeness (QED) is 0.807. The minimum Gasteiger partial charge on any atom is -0.381 e. The molecule has 1 aromatic heterocycles. The zero-order valence-corrected chi connectivity index (χ0v) is 13.7. The first kappa shape index (κ1) is 15.4. The number of pyridine rings is 1. The zero-order valence-electron chi connectivity index (χ0n) is 13.7. The molecular weight excluding hydrogens is 302 g/mol. The summed E-state index contributed by atoms with van der Waals surface area (Å²) < 4.78 is 11.4. The zero-order chi connectivity index (χ0) is 16.4. The highest BCUT2D eigenvalue weighted by Crippen LogP contribution is 2.34. The van der Waals surface area contributed by atoms with Crippen molar-refractivity contribution in [2.24, 2.45) is 5.41 Å². The Morgan fingerprint density at radius 2 is 1.96 bits per heavy atom. The molecule has 0 bridgehead atoms. The van der Waals surface area contributed by atoms with Gasteiger partial charge in [0.05, 0.1) is 30.4 Å². The summed E-state index contributed by atoms with van der Waals surface area (Å²) in [6, 6.07) is 11.9. The fourth-order valence-electron chi connectivity index (χ4n) is 3.66. The fourth-order valence-corrected chi connectivity index (χ4v) is 3.66. The summed E-state index contributed by atoms with van der Waals surface area (Å²) in [5, 5.41) is 10.0. The second-order valence-corrected chi connectivity index (χ2v) is 6.78. The third kappa shape index (κ3) is 2.95. The molecule has 24 heavy (non-hydrogen) atoms. The third-order valence-electron chi connectivity index (χ3n) is 5.12. The normalized spacial score (nSPS) is 20.7. The highest BCUT2D eigenvalue weighted by atomic mass is 16.5. The Morgan fingerprint density at radius 3 is 2.79 bits per heavy atom. The third-order valence-corrected chi connectivity index (χ3v) is 5.12. The van der Waals surface area contributed by atoms with Crippen molar-refractivity contribution in [3.8, 4) is 6.07 Å². The lowest BCUT2D eigenvalue weighted by Gasteiger charge is -2.38. The van der Waals surface area contributed by atoms with Crippen LogP contribution in [0.5, 0.6) is 0 Å². The largest absolute Gasteiger partial charge is 0.381 e. The van der Waals surface area contributed by atoms with E-state index in [0.717, 1.165) is 69.1 Å². The van der Waals surface area contributed by atoms with E-state index in [-0.39, 0.29) is 5.41 Å². The minimum atomic E-state index is 0.177. The molecule has 4 rings (SSSR count). The molecule has 0 radical (unpaired) electrons. The highest BCUT2D eigenvalue weighted by Gasteiger charge is 2.36. The van der Waals surface area contributed by atoms with Gasteiger partial charge in [0.25, 0.3) is 0 Å². The number of anilines is 1. The number of aromatic nitrogens is 1. The summed E-state index contributed by atoms with van der Waals surface area (Å²) in [5.41, 5.74) is 1.77. The molecule has 0 unspecified atom stereocenters. The van der Waals surface area contributed by atoms with Crippen molar-refractivity contribution in [2.45, 2.75) is 12.8 Å². The molecule has 2 saturated heterocycles. The second-order valence-electron chi connectivity index (χ2n) is 6.78. The van der Waals surface area contributed by atoms with Gasteiger partial charge in [-0.2, -0.15) is 5.26 Å². The predicted octanol–water partition coefficient (Wildman–Crippen LogP) is 2.74. The molecule has 124 valence electrons. The Bertz CT molecular complexity index is 778. The number of benzene rings is 1. The Hall–Kier alpha value is -2.16. The van der Waals surface area contributed by atoms with Gasteiger partial charge in [-0.25, -0.2) is 4.98 Å². The summed E-state index contributed by atoms with van der Waals surface area (Å²) in [6.45, 7) is 5.00. The first-order chi connectivity index (χ1) is 11.8. The molecule has 5 nitrogen and oxygen atoms in total. The average Bonchev–Trinajstić information content (AvgIpc) is 2.84. The van der Waals surface area contributed by atoms with Crippen LogP contribution in [0.15, 0.2) is 30.3 Å². The Balaban J connectivity index is 1.64. The Labute approximate surface area is 141 Å². The summed E-state index contributed by atoms with van der Waals surface area (Å²) in [6.07, 6.45) is 2.09. The van der Waals surface area contributed by atoms with Crippen molar-refractivity contribution in [1.82, 2.24) is 4.98 Å². The molecule has 0 aliphatic carbocycles. The van der Waals surface area contributed by atoms with Crippen LogP contribution in [-0.4, -0.2) is 44.5 Å². The molecule has 0 atom stereocenters. The monoisotopic (exact) mass is 323 g/mol. The van der Waals surface area contributed by atoms with Gasteiger partial charge >= 0.3 is 0 Å². The van der Waals surface area contributed by atoms with Gasteiger partial charge in [0.1, 0.15) is 5.82 Å². The maximum absolute atomic E-state index is 9.02. The van der Waals surface area contributed by atoms with Crippen LogP contribution in [0, 0.1) is 16.7 Å². The summed E-state index contributed by atoms with van der Waals surface area (Å²) >= 11 is 0. The summed E-state index contributed by atoms with van der Waals surface area (Å²) in [5.74, 6) is 0.989. The van der Waals surface area contributed by atoms with E-state index < -0.39 is 0 Å². The second kappa shape index (κ2) is 6.39. The van der Waals surface area contributed by atoms with Crippen molar-refractivity contribution in [1.29, 1.82) is 5.26 Å². The van der Waals surface area contributed by atoms with Gasteiger partial charge in [-0.1, -0.05) is 0 Å². The first-order valence-electron chi connectivity index (χ1n) is 8.49. The molecule has 2 aliphatic rings. The Morgan fingerprint density at radius 1 is 1.08 bits per heavy atom. The molecule has 1 aromatic carbocycles. The lowest BCUT2D eigenvalue weighted by atomic mass is 9.80. The van der Waals surface area contributed by atoms with Crippen LogP contribution in [0.4, 0.5) is 5.82 Å². The van der Waals surface area contributed by atoms with Gasteiger partial charge in [0.15, 0.2) is 0 Å². The van der Waals surface area contributed by atoms with Gasteiger partial charge in [0, 0.05) is 37.1 Å². The smallest absolute Gasteiger partial charge is 0.129 e. The van der Waals surface area contributed by atoms with Crippen LogP contribution in [0.1, 0.15) is 18.4 Å². The predicted molar refractivity (Wildman–Crippen MR) is 92.0 cm³/mol. The molecule has 2 fully saturated rings. The van der Waals surface area contributed by atoms with E-state index in [4.69, 9.17) is 19.7 Å². The maximum atomic E-state index is 9.02. The van der Waals surface area contributed by atoms with E-state index in [2.05, 4.69) is 23.1 Å². The van der Waals surface area contributed by atoms with Crippen molar-refractivity contribution < 1.29 is 9.47 Å². The molecule has 1 spiro atoms. The van der Waals surface area contributed by atoms with Crippen molar-refractivity contribution in [3.05, 3.63) is 35.9 Å². The van der Waals surface area contributed by atoms with E-state index in [1.54, 1.807) is 0 Å². The van der Waals surface area contributed by atoms with Crippen LogP contribution in [0.3, 0.4) is 0 Å². The summed E-state index contributed by atoms with van der Waals surface area (Å²) in [7, 11) is 0. The number of ether oxygens (including phenoxy) is 2. The van der Waals surface area contributed by atoms with Gasteiger partial charge in [-0.05, 0) is 43.2 Å². The number of rotatable bonds is 1. The average molecular weight is 323 g/mol. The number of nitriles is 1. The first-order valence-corrected chi connectivity index (χ1v) is 8.49. The van der Waals surface area contributed by atoms with E-state index in [9.17, 15) is 0 Å². The van der Waals surface area contributed by atoms with Crippen molar-refractivity contribution >= 4 is 16.7 Å². The molecule has 2 aliphatic heterocycles. The molecule has 0 N–H and O–H groups in total. The van der Waals surface area contributed by atoms with E-state index >= 15 is 0 Å².